The fourth-order valence-electron chi connectivity index (χ4n) is 3.74. The molecular formula is C23H23N3O2. The third-order valence-corrected chi connectivity index (χ3v) is 5.36. The largest absolute Gasteiger partial charge is 0.496 e. The molecule has 3 N–H and O–H groups in total. The average molecular weight is 373 g/mol. The lowest BCUT2D eigenvalue weighted by Gasteiger charge is -2.17. The van der Waals surface area contributed by atoms with Crippen LogP contribution in [-0.4, -0.2) is 23.6 Å². The number of methoxy groups -OCH3 is 1. The number of aromatic nitrogens is 2. The van der Waals surface area contributed by atoms with E-state index in [1.165, 1.54) is 5.56 Å². The summed E-state index contributed by atoms with van der Waals surface area (Å²) in [4.78, 5) is 19.9. The van der Waals surface area contributed by atoms with E-state index in [4.69, 9.17) is 10.5 Å². The van der Waals surface area contributed by atoms with E-state index in [-0.39, 0.29) is 5.56 Å². The molecule has 1 unspecified atom stereocenters. The highest BCUT2D eigenvalue weighted by Gasteiger charge is 2.18. The number of nitrogens with two attached hydrogens (primary N) is 1. The summed E-state index contributed by atoms with van der Waals surface area (Å²) in [5.41, 5.74) is 11.0. The summed E-state index contributed by atoms with van der Waals surface area (Å²) in [7, 11) is 1.67. The molecule has 0 bridgehead atoms. The van der Waals surface area contributed by atoms with Crippen molar-refractivity contribution in [2.75, 3.05) is 13.7 Å². The third-order valence-electron chi connectivity index (χ3n) is 5.36. The average Bonchev–Trinajstić information content (AvgIpc) is 2.74. The molecule has 0 fully saturated rings. The van der Waals surface area contributed by atoms with Crippen molar-refractivity contribution in [3.63, 3.8) is 0 Å². The highest BCUT2D eigenvalue weighted by molar-refractivity contribution is 6.14. The zero-order valence-electron chi connectivity index (χ0n) is 16.2. The van der Waals surface area contributed by atoms with Gasteiger partial charge in [0, 0.05) is 22.5 Å². The van der Waals surface area contributed by atoms with Crippen LogP contribution in [0.4, 0.5) is 0 Å². The Hall–Kier alpha value is -3.18. The summed E-state index contributed by atoms with van der Waals surface area (Å²) in [6.45, 7) is 4.69. The first-order valence-corrected chi connectivity index (χ1v) is 9.33. The molecule has 28 heavy (non-hydrogen) atoms. The van der Waals surface area contributed by atoms with Crippen LogP contribution in [0.25, 0.3) is 32.9 Å². The molecule has 0 saturated heterocycles. The van der Waals surface area contributed by atoms with Crippen LogP contribution in [0.2, 0.25) is 0 Å². The van der Waals surface area contributed by atoms with Gasteiger partial charge in [-0.3, -0.25) is 9.78 Å². The Morgan fingerprint density at radius 2 is 1.96 bits per heavy atom. The van der Waals surface area contributed by atoms with Gasteiger partial charge in [-0.25, -0.2) is 0 Å². The zero-order chi connectivity index (χ0) is 19.8. The van der Waals surface area contributed by atoms with Gasteiger partial charge in [0.1, 0.15) is 11.3 Å². The van der Waals surface area contributed by atoms with Crippen LogP contribution >= 0.6 is 0 Å². The summed E-state index contributed by atoms with van der Waals surface area (Å²) in [5, 5.41) is 1.76. The standard InChI is InChI=1S/C23H23N3O2/c1-13-11-18(28-3)19(16-8-6-15(7-9-16)14(2)12-24)20-17-5-4-10-25-22(17)23(27)26-21(13)20/h4-11,14H,12,24H2,1-3H3,(H,26,27). The quantitative estimate of drug-likeness (QED) is 0.527. The van der Waals surface area contributed by atoms with Crippen molar-refractivity contribution in [1.29, 1.82) is 0 Å². The maximum absolute atomic E-state index is 12.5. The molecule has 0 spiro atoms. The van der Waals surface area contributed by atoms with Gasteiger partial charge >= 0.3 is 0 Å². The lowest BCUT2D eigenvalue weighted by molar-refractivity contribution is 0.416. The Labute approximate surface area is 163 Å². The molecule has 4 rings (SSSR count). The van der Waals surface area contributed by atoms with Crippen LogP contribution in [0.15, 0.2) is 53.5 Å². The molecule has 2 heterocycles. The van der Waals surface area contributed by atoms with Crippen LogP contribution in [0.1, 0.15) is 24.0 Å². The Morgan fingerprint density at radius 1 is 1.21 bits per heavy atom. The van der Waals surface area contributed by atoms with Crippen LogP contribution in [0.5, 0.6) is 5.75 Å². The maximum Gasteiger partial charge on any atom is 0.274 e. The molecule has 0 aliphatic carbocycles. The van der Waals surface area contributed by atoms with E-state index in [1.807, 2.05) is 25.1 Å². The molecule has 0 aliphatic heterocycles. The Bertz CT molecular complexity index is 1230. The minimum Gasteiger partial charge on any atom is -0.496 e. The fourth-order valence-corrected chi connectivity index (χ4v) is 3.74. The first kappa shape index (κ1) is 18.2. The summed E-state index contributed by atoms with van der Waals surface area (Å²) < 4.78 is 5.73. The summed E-state index contributed by atoms with van der Waals surface area (Å²) in [6, 6.07) is 14.1. The molecule has 5 nitrogen and oxygen atoms in total. The van der Waals surface area contributed by atoms with Gasteiger partial charge in [-0.05, 0) is 48.2 Å². The van der Waals surface area contributed by atoms with E-state index in [9.17, 15) is 4.79 Å². The minimum atomic E-state index is -0.186. The number of hydrogen-bond donors (Lipinski definition) is 2. The molecule has 0 aliphatic rings. The van der Waals surface area contributed by atoms with Gasteiger partial charge in [0.2, 0.25) is 0 Å². The van der Waals surface area contributed by atoms with E-state index in [0.29, 0.717) is 18.0 Å². The normalized spacial score (nSPS) is 12.4. The van der Waals surface area contributed by atoms with E-state index >= 15 is 0 Å². The fraction of sp³-hybridized carbons (Fsp3) is 0.217. The van der Waals surface area contributed by atoms with Crippen molar-refractivity contribution in [2.45, 2.75) is 19.8 Å². The number of benzene rings is 2. The molecule has 0 saturated carbocycles. The van der Waals surface area contributed by atoms with Gasteiger partial charge in [-0.2, -0.15) is 0 Å². The smallest absolute Gasteiger partial charge is 0.274 e. The lowest BCUT2D eigenvalue weighted by Crippen LogP contribution is -2.10. The van der Waals surface area contributed by atoms with Gasteiger partial charge in [0.15, 0.2) is 0 Å². The maximum atomic E-state index is 12.5. The van der Waals surface area contributed by atoms with Crippen LogP contribution in [-0.2, 0) is 0 Å². The first-order valence-electron chi connectivity index (χ1n) is 9.33. The molecule has 142 valence electrons. The van der Waals surface area contributed by atoms with Crippen molar-refractivity contribution in [3.05, 3.63) is 70.1 Å². The molecule has 5 heteroatoms. The highest BCUT2D eigenvalue weighted by atomic mass is 16.5. The number of rotatable bonds is 4. The molecule has 2 aromatic carbocycles. The Morgan fingerprint density at radius 3 is 2.64 bits per heavy atom. The van der Waals surface area contributed by atoms with Gasteiger partial charge in [0.05, 0.1) is 12.6 Å². The van der Waals surface area contributed by atoms with Gasteiger partial charge in [-0.15, -0.1) is 0 Å². The van der Waals surface area contributed by atoms with Crippen molar-refractivity contribution in [2.24, 2.45) is 5.73 Å². The number of nitrogens with one attached hydrogen (secondary N) is 1. The monoisotopic (exact) mass is 373 g/mol. The van der Waals surface area contributed by atoms with E-state index < -0.39 is 0 Å². The molecule has 4 aromatic rings. The van der Waals surface area contributed by atoms with Crippen molar-refractivity contribution in [1.82, 2.24) is 9.97 Å². The molecule has 0 radical (unpaired) electrons. The second-order valence-electron chi connectivity index (χ2n) is 7.13. The number of aromatic amines is 1. The number of aryl methyl sites for hydroxylation is 1. The number of fused-ring (bicyclic) bond motifs is 3. The zero-order valence-corrected chi connectivity index (χ0v) is 16.2. The van der Waals surface area contributed by atoms with E-state index in [0.717, 1.165) is 38.7 Å². The number of nitrogens with zero attached hydrogens (tertiary/aromatic N) is 1. The number of ether oxygens (including phenoxy) is 1. The predicted octanol–water partition coefficient (Wildman–Crippen LogP) is 4.12. The number of pyridine rings is 2. The van der Waals surface area contributed by atoms with Crippen molar-refractivity contribution < 1.29 is 4.74 Å². The summed E-state index contributed by atoms with van der Waals surface area (Å²) in [6.07, 6.45) is 1.64. The third kappa shape index (κ3) is 2.84. The van der Waals surface area contributed by atoms with Crippen molar-refractivity contribution >= 4 is 21.8 Å². The van der Waals surface area contributed by atoms with Crippen LogP contribution in [0, 0.1) is 6.92 Å². The Kier molecular flexibility index (Phi) is 4.61. The number of H-pyrrole nitrogens is 1. The van der Waals surface area contributed by atoms with E-state index in [1.54, 1.807) is 13.3 Å². The Balaban J connectivity index is 2.11. The first-order chi connectivity index (χ1) is 13.5. The van der Waals surface area contributed by atoms with Gasteiger partial charge in [0.25, 0.3) is 5.56 Å². The van der Waals surface area contributed by atoms with Crippen LogP contribution < -0.4 is 16.0 Å². The summed E-state index contributed by atoms with van der Waals surface area (Å²) in [5.74, 6) is 1.06. The second-order valence-corrected chi connectivity index (χ2v) is 7.13. The van der Waals surface area contributed by atoms with Crippen LogP contribution in [0.3, 0.4) is 0 Å². The van der Waals surface area contributed by atoms with Crippen molar-refractivity contribution in [3.8, 4) is 16.9 Å². The summed E-state index contributed by atoms with van der Waals surface area (Å²) >= 11 is 0. The SMILES string of the molecule is COc1cc(C)c2[nH]c(=O)c3ncccc3c2c1-c1ccc(C(C)CN)cc1. The lowest BCUT2D eigenvalue weighted by atomic mass is 9.92. The minimum absolute atomic E-state index is 0.186. The van der Waals surface area contributed by atoms with Gasteiger partial charge < -0.3 is 15.5 Å². The molecular weight excluding hydrogens is 350 g/mol. The topological polar surface area (TPSA) is 81.0 Å². The second kappa shape index (κ2) is 7.09. The van der Waals surface area contributed by atoms with E-state index in [2.05, 4.69) is 41.2 Å². The molecule has 0 amide bonds. The predicted molar refractivity (Wildman–Crippen MR) is 114 cm³/mol. The molecule has 2 aromatic heterocycles. The highest BCUT2D eigenvalue weighted by Crippen LogP contribution is 2.40. The van der Waals surface area contributed by atoms with Gasteiger partial charge in [-0.1, -0.05) is 37.3 Å². The molecule has 1 atom stereocenters. The number of hydrogen-bond acceptors (Lipinski definition) is 4.